The minimum Gasteiger partial charge on any atom is -0.480 e. The zero-order valence-corrected chi connectivity index (χ0v) is 9.18. The minimum atomic E-state index is -0.710. The van der Waals surface area contributed by atoms with Gasteiger partial charge in [-0.1, -0.05) is 26.7 Å². The highest BCUT2D eigenvalue weighted by Gasteiger charge is 2.34. The summed E-state index contributed by atoms with van der Waals surface area (Å²) in [5.41, 5.74) is -0.686. The first-order chi connectivity index (χ1) is 6.64. The maximum atomic E-state index is 11.1. The van der Waals surface area contributed by atoms with Gasteiger partial charge in [0, 0.05) is 0 Å². The van der Waals surface area contributed by atoms with Crippen LogP contribution in [0, 0.1) is 5.92 Å². The van der Waals surface area contributed by atoms with E-state index < -0.39 is 11.5 Å². The molecule has 0 spiro atoms. The maximum absolute atomic E-state index is 11.1. The van der Waals surface area contributed by atoms with Crippen LogP contribution in [-0.2, 0) is 4.79 Å². The quantitative estimate of drug-likeness (QED) is 0.659. The van der Waals surface area contributed by atoms with Crippen LogP contribution in [0.3, 0.4) is 0 Å². The number of carboxylic acids is 1. The highest BCUT2D eigenvalue weighted by Crippen LogP contribution is 2.32. The van der Waals surface area contributed by atoms with Crippen LogP contribution in [-0.4, -0.2) is 23.2 Å². The van der Waals surface area contributed by atoms with Crippen LogP contribution in [0.15, 0.2) is 0 Å². The zero-order valence-electron chi connectivity index (χ0n) is 9.18. The van der Waals surface area contributed by atoms with Crippen LogP contribution >= 0.6 is 0 Å². The van der Waals surface area contributed by atoms with Crippen molar-refractivity contribution in [2.45, 2.75) is 51.5 Å². The molecule has 0 aromatic rings. The number of nitrogens with one attached hydrogen (secondary N) is 1. The molecular weight excluding hydrogens is 178 g/mol. The van der Waals surface area contributed by atoms with E-state index >= 15 is 0 Å². The van der Waals surface area contributed by atoms with Gasteiger partial charge in [0.25, 0.3) is 0 Å². The lowest BCUT2D eigenvalue weighted by atomic mass is 9.93. The first-order valence-corrected chi connectivity index (χ1v) is 5.63. The molecule has 2 N–H and O–H groups in total. The van der Waals surface area contributed by atoms with Crippen LogP contribution < -0.4 is 5.32 Å². The summed E-state index contributed by atoms with van der Waals surface area (Å²) in [4.78, 5) is 11.1. The number of rotatable bonds is 7. The fourth-order valence-corrected chi connectivity index (χ4v) is 1.80. The predicted octanol–water partition coefficient (Wildman–Crippen LogP) is 2.02. The molecule has 0 atom stereocenters. The largest absolute Gasteiger partial charge is 0.480 e. The van der Waals surface area contributed by atoms with Crippen LogP contribution in [0.25, 0.3) is 0 Å². The summed E-state index contributed by atoms with van der Waals surface area (Å²) in [6.07, 6.45) is 5.11. The third-order valence-electron chi connectivity index (χ3n) is 3.33. The van der Waals surface area contributed by atoms with E-state index in [1.165, 1.54) is 12.8 Å². The first kappa shape index (κ1) is 11.5. The summed E-state index contributed by atoms with van der Waals surface area (Å²) in [7, 11) is 0. The van der Waals surface area contributed by atoms with Crippen molar-refractivity contribution in [2.75, 3.05) is 6.54 Å². The predicted molar refractivity (Wildman–Crippen MR) is 56.3 cm³/mol. The van der Waals surface area contributed by atoms with Gasteiger partial charge in [-0.25, -0.2) is 0 Å². The first-order valence-electron chi connectivity index (χ1n) is 5.63. The third-order valence-corrected chi connectivity index (χ3v) is 3.33. The third kappa shape index (κ3) is 2.71. The van der Waals surface area contributed by atoms with Crippen LogP contribution in [0.5, 0.6) is 0 Å². The van der Waals surface area contributed by atoms with E-state index in [2.05, 4.69) is 5.32 Å². The molecule has 1 aliphatic rings. The van der Waals surface area contributed by atoms with Crippen molar-refractivity contribution in [1.82, 2.24) is 5.32 Å². The van der Waals surface area contributed by atoms with Gasteiger partial charge in [0.2, 0.25) is 0 Å². The summed E-state index contributed by atoms with van der Waals surface area (Å²) in [6, 6.07) is 0. The smallest absolute Gasteiger partial charge is 0.323 e. The molecule has 0 unspecified atom stereocenters. The molecular formula is C11H21NO2. The van der Waals surface area contributed by atoms with Gasteiger partial charge < -0.3 is 10.4 Å². The van der Waals surface area contributed by atoms with Gasteiger partial charge in [0.1, 0.15) is 5.54 Å². The Bertz CT molecular complexity index is 195. The van der Waals surface area contributed by atoms with Gasteiger partial charge in [0.05, 0.1) is 0 Å². The van der Waals surface area contributed by atoms with E-state index in [9.17, 15) is 4.79 Å². The lowest BCUT2D eigenvalue weighted by molar-refractivity contribution is -0.145. The zero-order chi connectivity index (χ0) is 10.6. The molecule has 0 saturated heterocycles. The molecule has 3 nitrogen and oxygen atoms in total. The molecule has 0 aromatic carbocycles. The number of aliphatic carboxylic acids is 1. The number of hydrogen-bond acceptors (Lipinski definition) is 2. The summed E-state index contributed by atoms with van der Waals surface area (Å²) >= 11 is 0. The molecule has 0 aromatic heterocycles. The lowest BCUT2D eigenvalue weighted by Crippen LogP contribution is -2.51. The monoisotopic (exact) mass is 199 g/mol. The average Bonchev–Trinajstić information content (AvgIpc) is 2.96. The Labute approximate surface area is 85.9 Å². The molecule has 0 heterocycles. The molecule has 0 bridgehead atoms. The van der Waals surface area contributed by atoms with Gasteiger partial charge in [-0.2, -0.15) is 0 Å². The van der Waals surface area contributed by atoms with E-state index in [0.29, 0.717) is 12.8 Å². The Morgan fingerprint density at radius 1 is 1.43 bits per heavy atom. The van der Waals surface area contributed by atoms with Gasteiger partial charge in [0.15, 0.2) is 0 Å². The number of carboxylic acid groups (broad SMARTS) is 1. The molecule has 1 rings (SSSR count). The number of carbonyl (C=O) groups is 1. The molecule has 0 aliphatic heterocycles. The summed E-state index contributed by atoms with van der Waals surface area (Å²) in [5, 5.41) is 12.3. The molecule has 82 valence electrons. The summed E-state index contributed by atoms with van der Waals surface area (Å²) < 4.78 is 0. The van der Waals surface area contributed by atoms with Crippen LogP contribution in [0.2, 0.25) is 0 Å². The van der Waals surface area contributed by atoms with Crippen LogP contribution in [0.4, 0.5) is 0 Å². The summed E-state index contributed by atoms with van der Waals surface area (Å²) in [5.74, 6) is 0.154. The Morgan fingerprint density at radius 3 is 2.36 bits per heavy atom. The normalized spacial score (nSPS) is 17.0. The maximum Gasteiger partial charge on any atom is 0.323 e. The highest BCUT2D eigenvalue weighted by molar-refractivity contribution is 5.78. The molecule has 3 heteroatoms. The molecule has 1 saturated carbocycles. The molecule has 0 radical (unpaired) electrons. The Balaban J connectivity index is 2.35. The van der Waals surface area contributed by atoms with E-state index in [1.54, 1.807) is 0 Å². The molecule has 14 heavy (non-hydrogen) atoms. The fraction of sp³-hybridized carbons (Fsp3) is 0.909. The van der Waals surface area contributed by atoms with Crippen molar-refractivity contribution in [2.24, 2.45) is 5.92 Å². The van der Waals surface area contributed by atoms with E-state index in [0.717, 1.165) is 18.9 Å². The van der Waals surface area contributed by atoms with E-state index in [-0.39, 0.29) is 0 Å². The second-order valence-electron chi connectivity index (χ2n) is 4.25. The SMILES string of the molecule is CCC(CC)(NCCC1CC1)C(=O)O. The Morgan fingerprint density at radius 2 is 2.00 bits per heavy atom. The second kappa shape index (κ2) is 4.78. The lowest BCUT2D eigenvalue weighted by Gasteiger charge is -2.28. The highest BCUT2D eigenvalue weighted by atomic mass is 16.4. The van der Waals surface area contributed by atoms with Crippen molar-refractivity contribution >= 4 is 5.97 Å². The standard InChI is InChI=1S/C11H21NO2/c1-3-11(4-2,10(13)14)12-8-7-9-5-6-9/h9,12H,3-8H2,1-2H3,(H,13,14). The molecule has 1 fully saturated rings. The van der Waals surface area contributed by atoms with Gasteiger partial charge in [-0.3, -0.25) is 4.79 Å². The van der Waals surface area contributed by atoms with Crippen molar-refractivity contribution in [3.05, 3.63) is 0 Å². The second-order valence-corrected chi connectivity index (χ2v) is 4.25. The van der Waals surface area contributed by atoms with E-state index in [1.807, 2.05) is 13.8 Å². The number of hydrogen-bond donors (Lipinski definition) is 2. The topological polar surface area (TPSA) is 49.3 Å². The van der Waals surface area contributed by atoms with E-state index in [4.69, 9.17) is 5.11 Å². The van der Waals surface area contributed by atoms with Crippen molar-refractivity contribution < 1.29 is 9.90 Å². The van der Waals surface area contributed by atoms with Crippen LogP contribution in [0.1, 0.15) is 46.0 Å². The average molecular weight is 199 g/mol. The minimum absolute atomic E-state index is 0.656. The van der Waals surface area contributed by atoms with Gasteiger partial charge >= 0.3 is 5.97 Å². The van der Waals surface area contributed by atoms with Crippen molar-refractivity contribution in [1.29, 1.82) is 0 Å². The Hall–Kier alpha value is -0.570. The van der Waals surface area contributed by atoms with Crippen molar-refractivity contribution in [3.63, 3.8) is 0 Å². The van der Waals surface area contributed by atoms with Crippen molar-refractivity contribution in [3.8, 4) is 0 Å². The van der Waals surface area contributed by atoms with Gasteiger partial charge in [-0.15, -0.1) is 0 Å². The summed E-state index contributed by atoms with van der Waals surface area (Å²) in [6.45, 7) is 4.71. The van der Waals surface area contributed by atoms with Gasteiger partial charge in [-0.05, 0) is 31.7 Å². The Kier molecular flexibility index (Phi) is 3.93. The molecule has 0 amide bonds. The fourth-order valence-electron chi connectivity index (χ4n) is 1.80. The molecule has 1 aliphatic carbocycles.